The Bertz CT molecular complexity index is 1410. The van der Waals surface area contributed by atoms with Crippen LogP contribution in [-0.2, 0) is 24.9 Å². The van der Waals surface area contributed by atoms with Gasteiger partial charge < -0.3 is 15.3 Å². The minimum atomic E-state index is -5.08. The summed E-state index contributed by atoms with van der Waals surface area (Å²) in [5, 5.41) is 10.4. The molecule has 4 rings (SSSR count). The maximum Gasteiger partial charge on any atom is 0.490 e. The Morgan fingerprint density at radius 3 is 2.31 bits per heavy atom. The van der Waals surface area contributed by atoms with E-state index < -0.39 is 12.1 Å². The van der Waals surface area contributed by atoms with Crippen LogP contribution in [0.15, 0.2) is 39.9 Å². The highest BCUT2D eigenvalue weighted by atomic mass is 19.4. The second-order valence-electron chi connectivity index (χ2n) is 7.86. The fourth-order valence-corrected chi connectivity index (χ4v) is 3.68. The van der Waals surface area contributed by atoms with Gasteiger partial charge in [-0.15, -0.1) is 5.92 Å². The Morgan fingerprint density at radius 1 is 1.14 bits per heavy atom. The smallest absolute Gasteiger partial charge is 0.475 e. The summed E-state index contributed by atoms with van der Waals surface area (Å²) >= 11 is 0. The predicted molar refractivity (Wildman–Crippen MR) is 127 cm³/mol. The second-order valence-corrected chi connectivity index (χ2v) is 7.86. The number of fused-ring (bicyclic) bond motifs is 1. The molecule has 1 aliphatic heterocycles. The van der Waals surface area contributed by atoms with E-state index in [0.717, 1.165) is 31.7 Å². The van der Waals surface area contributed by atoms with Crippen molar-refractivity contribution in [2.24, 2.45) is 7.05 Å². The van der Waals surface area contributed by atoms with Crippen molar-refractivity contribution in [3.05, 3.63) is 56.7 Å². The lowest BCUT2D eigenvalue weighted by Crippen LogP contribution is -2.44. The number of carboxylic acid groups (broad SMARTS) is 1. The van der Waals surface area contributed by atoms with Crippen LogP contribution in [0.4, 0.5) is 19.1 Å². The molecule has 36 heavy (non-hydrogen) atoms. The first kappa shape index (κ1) is 26.6. The Morgan fingerprint density at radius 2 is 1.75 bits per heavy atom. The highest BCUT2D eigenvalue weighted by molar-refractivity contribution is 5.75. The molecule has 0 radical (unpaired) electrons. The van der Waals surface area contributed by atoms with E-state index >= 15 is 0 Å². The molecule has 3 aromatic rings. The Kier molecular flexibility index (Phi) is 8.21. The van der Waals surface area contributed by atoms with Gasteiger partial charge in [0.15, 0.2) is 11.2 Å². The predicted octanol–water partition coefficient (Wildman–Crippen LogP) is 1.01. The normalized spacial score (nSPS) is 13.5. The van der Waals surface area contributed by atoms with Crippen LogP contribution in [0.1, 0.15) is 12.5 Å². The molecular weight excluding hydrogens is 481 g/mol. The fraction of sp³-hybridized carbons (Fsp3) is 0.391. The minimum Gasteiger partial charge on any atom is -0.475 e. The van der Waals surface area contributed by atoms with E-state index in [1.165, 1.54) is 9.13 Å². The first-order chi connectivity index (χ1) is 17.1. The summed E-state index contributed by atoms with van der Waals surface area (Å²) in [6, 6.07) is 9.51. The van der Waals surface area contributed by atoms with Crippen molar-refractivity contribution in [2.45, 2.75) is 26.2 Å². The summed E-state index contributed by atoms with van der Waals surface area (Å²) in [5.74, 6) is 3.87. The Balaban J connectivity index is 0.000000454. The molecule has 1 fully saturated rings. The number of alkyl halides is 3. The van der Waals surface area contributed by atoms with Crippen molar-refractivity contribution in [3.8, 4) is 11.8 Å². The molecule has 1 saturated heterocycles. The molecule has 0 unspecified atom stereocenters. The average molecular weight is 506 g/mol. The molecule has 192 valence electrons. The third-order valence-electron chi connectivity index (χ3n) is 5.45. The van der Waals surface area contributed by atoms with E-state index in [1.807, 2.05) is 34.9 Å². The minimum absolute atomic E-state index is 0.218. The van der Waals surface area contributed by atoms with Crippen molar-refractivity contribution in [1.82, 2.24) is 24.0 Å². The second kappa shape index (κ2) is 11.1. The lowest BCUT2D eigenvalue weighted by molar-refractivity contribution is -0.192. The van der Waals surface area contributed by atoms with Crippen LogP contribution >= 0.6 is 0 Å². The summed E-state index contributed by atoms with van der Waals surface area (Å²) in [4.78, 5) is 42.1. The number of aliphatic carboxylic acids is 1. The third kappa shape index (κ3) is 5.77. The number of aryl methyl sites for hydroxylation is 1. The van der Waals surface area contributed by atoms with E-state index in [0.29, 0.717) is 23.7 Å². The lowest BCUT2D eigenvalue weighted by atomic mass is 10.2. The number of imidazole rings is 1. The zero-order chi connectivity index (χ0) is 26.5. The Labute approximate surface area is 203 Å². The van der Waals surface area contributed by atoms with E-state index in [2.05, 4.69) is 22.1 Å². The van der Waals surface area contributed by atoms with E-state index in [1.54, 1.807) is 14.0 Å². The monoisotopic (exact) mass is 506 g/mol. The van der Waals surface area contributed by atoms with E-state index in [-0.39, 0.29) is 17.8 Å². The first-order valence-corrected chi connectivity index (χ1v) is 11.0. The number of piperazine rings is 1. The van der Waals surface area contributed by atoms with Gasteiger partial charge in [0, 0.05) is 33.2 Å². The van der Waals surface area contributed by atoms with Gasteiger partial charge in [-0.2, -0.15) is 18.2 Å². The molecule has 0 amide bonds. The number of hydrogen-bond donors (Lipinski definition) is 2. The SMILES string of the molecule is CC#CCn1c(N2CCNCC2)nc2c1c(=O)n(Cc1ccccc1)c(=O)n2C.O=C(O)C(F)(F)F. The molecule has 0 bridgehead atoms. The molecule has 2 aromatic heterocycles. The van der Waals surface area contributed by atoms with Crippen LogP contribution in [0.2, 0.25) is 0 Å². The first-order valence-electron chi connectivity index (χ1n) is 11.0. The zero-order valence-electron chi connectivity index (χ0n) is 19.7. The number of anilines is 1. The molecule has 10 nitrogen and oxygen atoms in total. The number of halogens is 3. The number of aromatic nitrogens is 4. The summed E-state index contributed by atoms with van der Waals surface area (Å²) in [6.45, 7) is 5.61. The molecule has 3 heterocycles. The number of hydrogen-bond acceptors (Lipinski definition) is 6. The van der Waals surface area contributed by atoms with Gasteiger partial charge in [0.1, 0.15) is 0 Å². The van der Waals surface area contributed by atoms with Gasteiger partial charge in [0.25, 0.3) is 5.56 Å². The quantitative estimate of drug-likeness (QED) is 0.508. The van der Waals surface area contributed by atoms with Gasteiger partial charge in [0.05, 0.1) is 13.1 Å². The molecule has 1 aliphatic rings. The van der Waals surface area contributed by atoms with Crippen LogP contribution < -0.4 is 21.5 Å². The summed E-state index contributed by atoms with van der Waals surface area (Å²) in [5.41, 5.74) is 1.01. The van der Waals surface area contributed by atoms with E-state index in [9.17, 15) is 22.8 Å². The number of rotatable bonds is 4. The van der Waals surface area contributed by atoms with Crippen molar-refractivity contribution < 1.29 is 23.1 Å². The molecular formula is C23H25F3N6O4. The van der Waals surface area contributed by atoms with Gasteiger partial charge in [-0.3, -0.25) is 18.5 Å². The summed E-state index contributed by atoms with van der Waals surface area (Å²) in [7, 11) is 1.66. The van der Waals surface area contributed by atoms with Crippen LogP contribution in [0.3, 0.4) is 0 Å². The maximum atomic E-state index is 13.4. The summed E-state index contributed by atoms with van der Waals surface area (Å²) in [6.07, 6.45) is -5.08. The van der Waals surface area contributed by atoms with E-state index in [4.69, 9.17) is 14.9 Å². The molecule has 0 aliphatic carbocycles. The van der Waals surface area contributed by atoms with Gasteiger partial charge >= 0.3 is 17.8 Å². The van der Waals surface area contributed by atoms with Crippen LogP contribution in [0.25, 0.3) is 11.2 Å². The summed E-state index contributed by atoms with van der Waals surface area (Å²) < 4.78 is 36.3. The third-order valence-corrected chi connectivity index (χ3v) is 5.45. The molecule has 2 N–H and O–H groups in total. The molecule has 0 saturated carbocycles. The molecule has 0 spiro atoms. The van der Waals surface area contributed by atoms with Crippen LogP contribution in [0.5, 0.6) is 0 Å². The van der Waals surface area contributed by atoms with Gasteiger partial charge in [-0.05, 0) is 12.5 Å². The van der Waals surface area contributed by atoms with Gasteiger partial charge in [0.2, 0.25) is 5.95 Å². The average Bonchev–Trinajstić information content (AvgIpc) is 3.25. The lowest BCUT2D eigenvalue weighted by Gasteiger charge is -2.28. The number of carbonyl (C=O) groups is 1. The van der Waals surface area contributed by atoms with Crippen molar-refractivity contribution in [2.75, 3.05) is 31.1 Å². The van der Waals surface area contributed by atoms with Crippen molar-refractivity contribution in [3.63, 3.8) is 0 Å². The number of nitrogens with one attached hydrogen (secondary N) is 1. The topological polar surface area (TPSA) is 114 Å². The zero-order valence-corrected chi connectivity index (χ0v) is 19.7. The van der Waals surface area contributed by atoms with Crippen molar-refractivity contribution >= 4 is 23.1 Å². The largest absolute Gasteiger partial charge is 0.490 e. The molecule has 13 heteroatoms. The van der Waals surface area contributed by atoms with Gasteiger partial charge in [-0.1, -0.05) is 36.3 Å². The van der Waals surface area contributed by atoms with Crippen molar-refractivity contribution in [1.29, 1.82) is 0 Å². The molecule has 1 aromatic carbocycles. The van der Waals surface area contributed by atoms with Gasteiger partial charge in [-0.25, -0.2) is 9.59 Å². The molecule has 0 atom stereocenters. The van der Waals surface area contributed by atoms with Crippen LogP contribution in [0, 0.1) is 11.8 Å². The number of nitrogens with zero attached hydrogens (tertiary/aromatic N) is 5. The fourth-order valence-electron chi connectivity index (χ4n) is 3.68. The maximum absolute atomic E-state index is 13.4. The number of benzene rings is 1. The standard InChI is InChI=1S/C21H24N6O2.C2HF3O2/c1-3-4-12-26-17-18(23-20(26)25-13-10-22-11-14-25)24(2)21(29)27(19(17)28)15-16-8-6-5-7-9-16;3-2(4,5)1(6)7/h5-9,22H,10-15H2,1-2H3;(H,6,7). The highest BCUT2D eigenvalue weighted by Crippen LogP contribution is 2.20. The van der Waals surface area contributed by atoms with Crippen LogP contribution in [-0.4, -0.2) is 62.1 Å². The Hall–Kier alpha value is -4.05. The number of carboxylic acids is 1. The highest BCUT2D eigenvalue weighted by Gasteiger charge is 2.38.